The summed E-state index contributed by atoms with van der Waals surface area (Å²) in [5, 5.41) is 13.3. The van der Waals surface area contributed by atoms with Crippen molar-refractivity contribution < 1.29 is 22.6 Å². The summed E-state index contributed by atoms with van der Waals surface area (Å²) >= 11 is 0. The lowest BCUT2D eigenvalue weighted by molar-refractivity contribution is 0.103. The average molecular weight is 559 g/mol. The van der Waals surface area contributed by atoms with E-state index in [-0.39, 0.29) is 33.1 Å². The van der Waals surface area contributed by atoms with E-state index in [0.29, 0.717) is 5.69 Å². The van der Waals surface area contributed by atoms with E-state index in [1.807, 2.05) is 0 Å². The molecule has 0 amide bonds. The molecule has 0 spiro atoms. The summed E-state index contributed by atoms with van der Waals surface area (Å²) in [6.45, 7) is 3.29. The summed E-state index contributed by atoms with van der Waals surface area (Å²) in [5.74, 6) is -1.70. The highest BCUT2D eigenvalue weighted by atomic mass is 32.2. The zero-order valence-corrected chi connectivity index (χ0v) is 22.5. The van der Waals surface area contributed by atoms with Crippen molar-refractivity contribution in [3.63, 3.8) is 0 Å². The minimum Gasteiger partial charge on any atom is -0.432 e. The molecule has 0 aliphatic rings. The monoisotopic (exact) mass is 559 g/mol. The number of hydrogen-bond acceptors (Lipinski definition) is 10. The van der Waals surface area contributed by atoms with Gasteiger partial charge in [0.15, 0.2) is 11.4 Å². The number of anilines is 3. The van der Waals surface area contributed by atoms with Crippen LogP contribution in [0.1, 0.15) is 21.6 Å². The van der Waals surface area contributed by atoms with Crippen molar-refractivity contribution in [3.8, 4) is 0 Å². The van der Waals surface area contributed by atoms with Gasteiger partial charge in [0.2, 0.25) is 5.95 Å². The number of nitrogens with one attached hydrogen (secondary N) is 1. The third-order valence-corrected chi connectivity index (χ3v) is 7.87. The van der Waals surface area contributed by atoms with Crippen molar-refractivity contribution in [1.29, 1.82) is 0 Å². The fourth-order valence-corrected chi connectivity index (χ4v) is 5.64. The molecule has 0 bridgehead atoms. The molecule has 0 saturated carbocycles. The first-order valence-electron chi connectivity index (χ1n) is 12.1. The summed E-state index contributed by atoms with van der Waals surface area (Å²) in [5.41, 5.74) is 0.634. The summed E-state index contributed by atoms with van der Waals surface area (Å²) in [6, 6.07) is 13.7. The third kappa shape index (κ3) is 4.67. The van der Waals surface area contributed by atoms with Crippen LogP contribution in [0.2, 0.25) is 6.82 Å². The Bertz CT molecular complexity index is 1830. The van der Waals surface area contributed by atoms with Gasteiger partial charge in [0.1, 0.15) is 18.0 Å². The molecule has 0 aliphatic carbocycles. The lowest BCUT2D eigenvalue weighted by Crippen LogP contribution is -2.33. The van der Waals surface area contributed by atoms with Crippen LogP contribution in [0.3, 0.4) is 0 Å². The highest BCUT2D eigenvalue weighted by Gasteiger charge is 2.29. The lowest BCUT2D eigenvalue weighted by atomic mass is 9.84. The Hall–Kier alpha value is -4.69. The van der Waals surface area contributed by atoms with E-state index < -0.39 is 34.4 Å². The number of fused-ring (bicyclic) bond motifs is 1. The molecule has 2 N–H and O–H groups in total. The molecule has 4 aromatic heterocycles. The molecule has 0 atom stereocenters. The molecule has 0 saturated heterocycles. The maximum atomic E-state index is 15.5. The van der Waals surface area contributed by atoms with Gasteiger partial charge in [0, 0.05) is 25.1 Å². The van der Waals surface area contributed by atoms with Gasteiger partial charge < -0.3 is 15.2 Å². The third-order valence-electron chi connectivity index (χ3n) is 6.21. The SMILES string of the molecule is CNc1ncnc2c1c(C(=O)c1ccc(N(B(C)O)c3ccc(C)nc3)nc1F)cn2S(=O)(=O)c1ccccc1. The molecule has 5 rings (SSSR count). The molecule has 14 heteroatoms. The van der Waals surface area contributed by atoms with Crippen LogP contribution in [0.25, 0.3) is 11.0 Å². The van der Waals surface area contributed by atoms with E-state index in [1.54, 1.807) is 44.3 Å². The van der Waals surface area contributed by atoms with Crippen molar-refractivity contribution in [2.75, 3.05) is 17.2 Å². The number of carbonyl (C=O) groups is 1. The predicted molar refractivity (Wildman–Crippen MR) is 149 cm³/mol. The first-order valence-corrected chi connectivity index (χ1v) is 13.5. The van der Waals surface area contributed by atoms with Crippen LogP contribution in [-0.4, -0.2) is 57.2 Å². The highest BCUT2D eigenvalue weighted by Crippen LogP contribution is 2.32. The largest absolute Gasteiger partial charge is 0.432 e. The van der Waals surface area contributed by atoms with Crippen LogP contribution in [-0.2, 0) is 10.0 Å². The Kier molecular flexibility index (Phi) is 7.04. The summed E-state index contributed by atoms with van der Waals surface area (Å²) in [7, 11) is -3.69. The zero-order chi connectivity index (χ0) is 28.6. The van der Waals surface area contributed by atoms with Crippen LogP contribution in [0.15, 0.2) is 78.2 Å². The van der Waals surface area contributed by atoms with Gasteiger partial charge in [0.05, 0.1) is 27.1 Å². The minimum atomic E-state index is -4.16. The molecule has 0 aliphatic heterocycles. The van der Waals surface area contributed by atoms with Gasteiger partial charge in [-0.3, -0.25) is 9.78 Å². The molecule has 0 radical (unpaired) electrons. The Morgan fingerprint density at radius 3 is 2.42 bits per heavy atom. The van der Waals surface area contributed by atoms with Gasteiger partial charge in [-0.25, -0.2) is 27.3 Å². The molecule has 0 fully saturated rings. The molecule has 40 heavy (non-hydrogen) atoms. The van der Waals surface area contributed by atoms with Crippen molar-refractivity contribution in [2.45, 2.75) is 18.6 Å². The highest BCUT2D eigenvalue weighted by molar-refractivity contribution is 7.90. The number of ketones is 1. The number of carbonyl (C=O) groups excluding carboxylic acids is 1. The summed E-state index contributed by atoms with van der Waals surface area (Å²) in [4.78, 5) is 31.4. The number of benzene rings is 1. The quantitative estimate of drug-likeness (QED) is 0.165. The van der Waals surface area contributed by atoms with Gasteiger partial charge >= 0.3 is 7.05 Å². The van der Waals surface area contributed by atoms with Crippen LogP contribution >= 0.6 is 0 Å². The fourth-order valence-electron chi connectivity index (χ4n) is 4.30. The summed E-state index contributed by atoms with van der Waals surface area (Å²) < 4.78 is 43.3. The molecule has 4 heterocycles. The van der Waals surface area contributed by atoms with Gasteiger partial charge in [-0.15, -0.1) is 0 Å². The second kappa shape index (κ2) is 10.5. The van der Waals surface area contributed by atoms with E-state index in [2.05, 4.69) is 25.3 Å². The molecule has 0 unspecified atom stereocenters. The Morgan fingerprint density at radius 1 is 1.05 bits per heavy atom. The molecular weight excluding hydrogens is 536 g/mol. The number of pyridine rings is 2. The van der Waals surface area contributed by atoms with Crippen molar-refractivity contribution in [1.82, 2.24) is 23.9 Å². The Labute approximate surface area is 229 Å². The lowest BCUT2D eigenvalue weighted by Gasteiger charge is -2.24. The van der Waals surface area contributed by atoms with E-state index in [4.69, 9.17) is 0 Å². The molecule has 11 nitrogen and oxygen atoms in total. The summed E-state index contributed by atoms with van der Waals surface area (Å²) in [6.07, 6.45) is 3.79. The topological polar surface area (TPSA) is 143 Å². The van der Waals surface area contributed by atoms with E-state index >= 15 is 4.39 Å². The number of hydrogen-bond donors (Lipinski definition) is 2. The van der Waals surface area contributed by atoms with Crippen molar-refractivity contribution >= 4 is 51.2 Å². The van der Waals surface area contributed by atoms with Crippen LogP contribution in [0.5, 0.6) is 0 Å². The minimum absolute atomic E-state index is 0.0171. The first-order chi connectivity index (χ1) is 19.1. The standard InChI is InChI=1S/C26H23BFN7O4S/c1-16-9-10-17(13-30-16)35(27(2)37)21-12-11-19(24(28)33-21)23(36)20-14-34(26-22(20)25(29-3)31-15-32-26)40(38,39)18-7-5-4-6-8-18/h4-15,37H,1-3H3,(H,29,31,32). The van der Waals surface area contributed by atoms with Crippen LogP contribution < -0.4 is 10.1 Å². The van der Waals surface area contributed by atoms with Gasteiger partial charge in [0.25, 0.3) is 10.0 Å². The van der Waals surface area contributed by atoms with Gasteiger partial charge in [-0.05, 0) is 50.1 Å². The number of aromatic nitrogens is 5. The normalized spacial score (nSPS) is 11.4. The van der Waals surface area contributed by atoms with Gasteiger partial charge in [-0.1, -0.05) is 18.2 Å². The number of aryl methyl sites for hydroxylation is 1. The maximum Gasteiger partial charge on any atom is 0.415 e. The fraction of sp³-hybridized carbons (Fsp3) is 0.115. The van der Waals surface area contributed by atoms with Crippen LogP contribution in [0, 0.1) is 12.9 Å². The number of rotatable bonds is 8. The van der Waals surface area contributed by atoms with Crippen molar-refractivity contribution in [3.05, 3.63) is 96.1 Å². The van der Waals surface area contributed by atoms with Gasteiger partial charge in [-0.2, -0.15) is 4.39 Å². The van der Waals surface area contributed by atoms with E-state index in [1.165, 1.54) is 48.4 Å². The second-order valence-electron chi connectivity index (χ2n) is 8.82. The molecule has 202 valence electrons. The predicted octanol–water partition coefficient (Wildman–Crippen LogP) is 3.43. The number of nitrogens with zero attached hydrogens (tertiary/aromatic N) is 6. The Morgan fingerprint density at radius 2 is 1.80 bits per heavy atom. The van der Waals surface area contributed by atoms with E-state index in [0.717, 1.165) is 15.9 Å². The van der Waals surface area contributed by atoms with E-state index in [9.17, 15) is 18.2 Å². The molecule has 5 aromatic rings. The van der Waals surface area contributed by atoms with Crippen LogP contribution in [0.4, 0.5) is 21.7 Å². The molecule has 1 aromatic carbocycles. The molecular formula is C26H23BFN7O4S. The smallest absolute Gasteiger partial charge is 0.415 e. The number of halogens is 1. The first kappa shape index (κ1) is 26.9. The maximum absolute atomic E-state index is 15.5. The Balaban J connectivity index is 1.63. The average Bonchev–Trinajstić information content (AvgIpc) is 3.35. The second-order valence-corrected chi connectivity index (χ2v) is 10.6. The zero-order valence-electron chi connectivity index (χ0n) is 21.6. The van der Waals surface area contributed by atoms with Crippen molar-refractivity contribution in [2.24, 2.45) is 0 Å².